The minimum atomic E-state index is 0.164. The van der Waals surface area contributed by atoms with Crippen LogP contribution in [0.2, 0.25) is 0 Å². The highest BCUT2D eigenvalue weighted by molar-refractivity contribution is 5.63. The predicted octanol–water partition coefficient (Wildman–Crippen LogP) is 1.68. The lowest BCUT2D eigenvalue weighted by atomic mass is 10.1. The van der Waals surface area contributed by atoms with Crippen LogP contribution >= 0.6 is 0 Å². The normalized spacial score (nSPS) is 10.8. The first kappa shape index (κ1) is 10.6. The summed E-state index contributed by atoms with van der Waals surface area (Å²) >= 11 is 0. The number of hydrogen-bond donors (Lipinski definition) is 2. The average Bonchev–Trinajstić information content (AvgIpc) is 2.18. The van der Waals surface area contributed by atoms with E-state index in [1.807, 2.05) is 19.1 Å². The van der Waals surface area contributed by atoms with Crippen LogP contribution in [-0.4, -0.2) is 18.8 Å². The Morgan fingerprint density at radius 2 is 2.21 bits per heavy atom. The number of rotatable bonds is 3. The first-order valence-electron chi connectivity index (χ1n) is 4.44. The van der Waals surface area contributed by atoms with Crippen LogP contribution < -0.4 is 10.5 Å². The third kappa shape index (κ3) is 2.06. The summed E-state index contributed by atoms with van der Waals surface area (Å²) in [4.78, 5) is 0. The fraction of sp³-hybridized carbons (Fsp3) is 0.273. The van der Waals surface area contributed by atoms with Gasteiger partial charge in [-0.3, -0.25) is 0 Å². The number of benzene rings is 1. The van der Waals surface area contributed by atoms with Crippen molar-refractivity contribution in [2.45, 2.75) is 6.92 Å². The molecule has 14 heavy (non-hydrogen) atoms. The lowest BCUT2D eigenvalue weighted by Gasteiger charge is -2.08. The molecule has 3 N–H and O–H groups in total. The van der Waals surface area contributed by atoms with Gasteiger partial charge in [-0.1, -0.05) is 24.3 Å². The zero-order valence-electron chi connectivity index (χ0n) is 8.45. The largest absolute Gasteiger partial charge is 0.504 e. The van der Waals surface area contributed by atoms with E-state index in [9.17, 15) is 5.11 Å². The molecule has 0 radical (unpaired) electrons. The Hall–Kier alpha value is -1.48. The van der Waals surface area contributed by atoms with Crippen LogP contribution in [0.5, 0.6) is 11.5 Å². The van der Waals surface area contributed by atoms with E-state index < -0.39 is 0 Å². The number of ether oxygens (including phenoxy) is 1. The molecule has 0 aliphatic heterocycles. The van der Waals surface area contributed by atoms with Gasteiger partial charge in [0.2, 0.25) is 0 Å². The zero-order valence-corrected chi connectivity index (χ0v) is 8.45. The third-order valence-electron chi connectivity index (χ3n) is 2.00. The number of aryl methyl sites for hydroxylation is 1. The van der Waals surface area contributed by atoms with Crippen molar-refractivity contribution in [1.82, 2.24) is 0 Å². The highest BCUT2D eigenvalue weighted by Gasteiger charge is 2.07. The molecule has 1 aromatic rings. The summed E-state index contributed by atoms with van der Waals surface area (Å²) in [6, 6.07) is 3.73. The molecule has 3 heteroatoms. The topological polar surface area (TPSA) is 55.5 Å². The molecule has 0 bridgehead atoms. The molecule has 0 aliphatic carbocycles. The molecule has 1 aromatic carbocycles. The van der Waals surface area contributed by atoms with Gasteiger partial charge in [-0.2, -0.15) is 0 Å². The first-order valence-corrected chi connectivity index (χ1v) is 4.44. The average molecular weight is 193 g/mol. The van der Waals surface area contributed by atoms with Crippen molar-refractivity contribution in [1.29, 1.82) is 0 Å². The number of nitrogens with two attached hydrogens (primary N) is 1. The van der Waals surface area contributed by atoms with Crippen molar-refractivity contribution in [2.75, 3.05) is 13.7 Å². The van der Waals surface area contributed by atoms with Crippen LogP contribution in [0.25, 0.3) is 6.08 Å². The second-order valence-corrected chi connectivity index (χ2v) is 2.99. The van der Waals surface area contributed by atoms with Gasteiger partial charge < -0.3 is 15.6 Å². The SMILES string of the molecule is COc1c(C)ccc(/C=C/CN)c1O. The Kier molecular flexibility index (Phi) is 3.54. The fourth-order valence-corrected chi connectivity index (χ4v) is 1.27. The molecule has 0 heterocycles. The monoisotopic (exact) mass is 193 g/mol. The maximum atomic E-state index is 9.78. The number of hydrogen-bond acceptors (Lipinski definition) is 3. The van der Waals surface area contributed by atoms with E-state index in [-0.39, 0.29) is 5.75 Å². The molecule has 0 atom stereocenters. The van der Waals surface area contributed by atoms with Crippen LogP contribution in [0.1, 0.15) is 11.1 Å². The zero-order chi connectivity index (χ0) is 10.6. The summed E-state index contributed by atoms with van der Waals surface area (Å²) in [6.07, 6.45) is 3.56. The summed E-state index contributed by atoms with van der Waals surface area (Å²) in [5.74, 6) is 0.682. The van der Waals surface area contributed by atoms with E-state index >= 15 is 0 Å². The summed E-state index contributed by atoms with van der Waals surface area (Å²) in [6.45, 7) is 2.34. The summed E-state index contributed by atoms with van der Waals surface area (Å²) in [7, 11) is 1.54. The predicted molar refractivity (Wildman–Crippen MR) is 57.5 cm³/mol. The Morgan fingerprint density at radius 3 is 2.79 bits per heavy atom. The van der Waals surface area contributed by atoms with Gasteiger partial charge in [0, 0.05) is 12.1 Å². The van der Waals surface area contributed by atoms with Crippen molar-refractivity contribution in [3.05, 3.63) is 29.3 Å². The van der Waals surface area contributed by atoms with Crippen LogP contribution in [0.15, 0.2) is 18.2 Å². The van der Waals surface area contributed by atoms with Crippen molar-refractivity contribution in [3.63, 3.8) is 0 Å². The van der Waals surface area contributed by atoms with E-state index in [1.54, 1.807) is 19.3 Å². The highest BCUT2D eigenvalue weighted by Crippen LogP contribution is 2.33. The number of phenols is 1. The number of phenolic OH excluding ortho intramolecular Hbond substituents is 1. The third-order valence-corrected chi connectivity index (χ3v) is 2.00. The Morgan fingerprint density at radius 1 is 1.50 bits per heavy atom. The number of methoxy groups -OCH3 is 1. The smallest absolute Gasteiger partial charge is 0.165 e. The molecule has 0 saturated heterocycles. The molecule has 3 nitrogen and oxygen atoms in total. The minimum Gasteiger partial charge on any atom is -0.504 e. The second kappa shape index (κ2) is 4.67. The van der Waals surface area contributed by atoms with Crippen LogP contribution in [0.3, 0.4) is 0 Å². The van der Waals surface area contributed by atoms with Crippen molar-refractivity contribution >= 4 is 6.08 Å². The first-order chi connectivity index (χ1) is 6.70. The van der Waals surface area contributed by atoms with E-state index in [1.165, 1.54) is 0 Å². The van der Waals surface area contributed by atoms with Gasteiger partial charge in [0.15, 0.2) is 11.5 Å². The molecular weight excluding hydrogens is 178 g/mol. The maximum absolute atomic E-state index is 9.78. The molecule has 1 rings (SSSR count). The van der Waals surface area contributed by atoms with Crippen molar-refractivity contribution in [2.24, 2.45) is 5.73 Å². The summed E-state index contributed by atoms with van der Waals surface area (Å²) < 4.78 is 5.08. The van der Waals surface area contributed by atoms with Crippen LogP contribution in [0.4, 0.5) is 0 Å². The van der Waals surface area contributed by atoms with Gasteiger partial charge in [-0.25, -0.2) is 0 Å². The maximum Gasteiger partial charge on any atom is 0.165 e. The van der Waals surface area contributed by atoms with Crippen molar-refractivity contribution < 1.29 is 9.84 Å². The lowest BCUT2D eigenvalue weighted by Crippen LogP contribution is -1.93. The van der Waals surface area contributed by atoms with Crippen LogP contribution in [-0.2, 0) is 0 Å². The molecule has 0 amide bonds. The quantitative estimate of drug-likeness (QED) is 0.768. The number of aromatic hydroxyl groups is 1. The molecular formula is C11H15NO2. The molecule has 76 valence electrons. The molecule has 0 aromatic heterocycles. The van der Waals surface area contributed by atoms with Gasteiger partial charge >= 0.3 is 0 Å². The molecule has 0 fully saturated rings. The van der Waals surface area contributed by atoms with Gasteiger partial charge in [0.05, 0.1) is 7.11 Å². The van der Waals surface area contributed by atoms with E-state index in [0.29, 0.717) is 12.3 Å². The Bertz CT molecular complexity index is 345. The van der Waals surface area contributed by atoms with Crippen molar-refractivity contribution in [3.8, 4) is 11.5 Å². The van der Waals surface area contributed by atoms with E-state index in [4.69, 9.17) is 10.5 Å². The van der Waals surface area contributed by atoms with Gasteiger partial charge in [-0.15, -0.1) is 0 Å². The molecule has 0 aliphatic rings. The summed E-state index contributed by atoms with van der Waals surface area (Å²) in [5, 5.41) is 9.78. The Balaban J connectivity index is 3.14. The molecule has 0 spiro atoms. The van der Waals surface area contributed by atoms with Gasteiger partial charge in [0.1, 0.15) is 0 Å². The standard InChI is InChI=1S/C11H15NO2/c1-8-5-6-9(4-3-7-12)10(13)11(8)14-2/h3-6,13H,7,12H2,1-2H3/b4-3+. The fourth-order valence-electron chi connectivity index (χ4n) is 1.27. The second-order valence-electron chi connectivity index (χ2n) is 2.99. The van der Waals surface area contributed by atoms with E-state index in [0.717, 1.165) is 11.1 Å². The van der Waals surface area contributed by atoms with Gasteiger partial charge in [0.25, 0.3) is 0 Å². The minimum absolute atomic E-state index is 0.164. The van der Waals surface area contributed by atoms with Gasteiger partial charge in [-0.05, 0) is 12.5 Å². The Labute approximate surface area is 83.8 Å². The molecule has 0 unspecified atom stereocenters. The van der Waals surface area contributed by atoms with Crippen LogP contribution in [0, 0.1) is 6.92 Å². The lowest BCUT2D eigenvalue weighted by molar-refractivity contribution is 0.370. The van der Waals surface area contributed by atoms with E-state index in [2.05, 4.69) is 0 Å². The molecule has 0 saturated carbocycles. The summed E-state index contributed by atoms with van der Waals surface area (Å²) in [5.41, 5.74) is 6.96. The highest BCUT2D eigenvalue weighted by atomic mass is 16.5.